The van der Waals surface area contributed by atoms with Gasteiger partial charge in [0, 0.05) is 24.0 Å². The lowest BCUT2D eigenvalue weighted by atomic mass is 9.86. The molecule has 1 aliphatic rings. The highest BCUT2D eigenvalue weighted by atomic mass is 19.3. The van der Waals surface area contributed by atoms with Crippen molar-refractivity contribution in [2.45, 2.75) is 25.9 Å². The number of benzene rings is 1. The Morgan fingerprint density at radius 3 is 2.79 bits per heavy atom. The summed E-state index contributed by atoms with van der Waals surface area (Å²) >= 11 is 0. The van der Waals surface area contributed by atoms with E-state index in [4.69, 9.17) is 0 Å². The molecule has 0 bridgehead atoms. The summed E-state index contributed by atoms with van der Waals surface area (Å²) in [7, 11) is 0. The molecule has 0 saturated heterocycles. The Bertz CT molecular complexity index is 1090. The third-order valence-electron chi connectivity index (χ3n) is 4.47. The molecule has 0 radical (unpaired) electrons. The molecule has 28 heavy (non-hydrogen) atoms. The second-order valence-electron chi connectivity index (χ2n) is 6.29. The smallest absolute Gasteiger partial charge is 0.387 e. The number of carbonyl (C=O) groups is 1. The SMILES string of the molecule is Cc1nn(-c2ccc(=O)[nH]n2)c2c1[C@@H](c1cccc(OC(F)F)c1)CC(=O)N2. The molecule has 8 nitrogen and oxygen atoms in total. The molecule has 3 aromatic rings. The zero-order chi connectivity index (χ0) is 19.8. The second kappa shape index (κ2) is 6.87. The third-order valence-corrected chi connectivity index (χ3v) is 4.47. The van der Waals surface area contributed by atoms with E-state index < -0.39 is 6.61 Å². The molecule has 1 aromatic carbocycles. The van der Waals surface area contributed by atoms with Crippen molar-refractivity contribution in [1.29, 1.82) is 0 Å². The highest BCUT2D eigenvalue weighted by Crippen LogP contribution is 2.40. The summed E-state index contributed by atoms with van der Waals surface area (Å²) in [6.45, 7) is -1.15. The number of aromatic amines is 1. The summed E-state index contributed by atoms with van der Waals surface area (Å²) in [6, 6.07) is 9.06. The van der Waals surface area contributed by atoms with Crippen molar-refractivity contribution in [3.05, 3.63) is 63.6 Å². The summed E-state index contributed by atoms with van der Waals surface area (Å²) in [6.07, 6.45) is 0.136. The number of fused-ring (bicyclic) bond motifs is 1. The van der Waals surface area contributed by atoms with Crippen LogP contribution in [0.4, 0.5) is 14.6 Å². The molecule has 3 heterocycles. The Morgan fingerprint density at radius 2 is 2.07 bits per heavy atom. The minimum atomic E-state index is -2.93. The Balaban J connectivity index is 1.81. The fourth-order valence-corrected chi connectivity index (χ4v) is 3.36. The lowest BCUT2D eigenvalue weighted by Gasteiger charge is -2.24. The molecule has 2 aromatic heterocycles. The first-order chi connectivity index (χ1) is 13.4. The first kappa shape index (κ1) is 17.8. The molecule has 0 spiro atoms. The molecular weight excluding hydrogens is 372 g/mol. The van der Waals surface area contributed by atoms with Gasteiger partial charge in [-0.3, -0.25) is 9.59 Å². The largest absolute Gasteiger partial charge is 0.435 e. The molecular formula is C18H15F2N5O3. The number of aromatic nitrogens is 4. The lowest BCUT2D eigenvalue weighted by molar-refractivity contribution is -0.116. The number of H-pyrrole nitrogens is 1. The van der Waals surface area contributed by atoms with E-state index in [0.29, 0.717) is 22.9 Å². The van der Waals surface area contributed by atoms with Crippen molar-refractivity contribution < 1.29 is 18.3 Å². The number of aryl methyl sites for hydroxylation is 1. The van der Waals surface area contributed by atoms with Gasteiger partial charge in [0.2, 0.25) is 5.91 Å². The summed E-state index contributed by atoms with van der Waals surface area (Å²) < 4.78 is 31.0. The number of alkyl halides is 2. The van der Waals surface area contributed by atoms with Crippen LogP contribution in [0.25, 0.3) is 5.82 Å². The number of halogens is 2. The van der Waals surface area contributed by atoms with Crippen molar-refractivity contribution in [2.75, 3.05) is 5.32 Å². The monoisotopic (exact) mass is 387 g/mol. The van der Waals surface area contributed by atoms with Gasteiger partial charge in [-0.05, 0) is 30.7 Å². The van der Waals surface area contributed by atoms with Crippen molar-refractivity contribution in [3.8, 4) is 11.6 Å². The van der Waals surface area contributed by atoms with Crippen LogP contribution in [0.5, 0.6) is 5.75 Å². The molecule has 2 N–H and O–H groups in total. The van der Waals surface area contributed by atoms with Crippen molar-refractivity contribution in [3.63, 3.8) is 0 Å². The highest BCUT2D eigenvalue weighted by Gasteiger charge is 2.33. The Labute approximate surface area is 157 Å². The number of hydrogen-bond acceptors (Lipinski definition) is 5. The third kappa shape index (κ3) is 3.24. The second-order valence-corrected chi connectivity index (χ2v) is 6.29. The average molecular weight is 387 g/mol. The van der Waals surface area contributed by atoms with Crippen LogP contribution in [0.3, 0.4) is 0 Å². The quantitative estimate of drug-likeness (QED) is 0.716. The fourth-order valence-electron chi connectivity index (χ4n) is 3.36. The van der Waals surface area contributed by atoms with Crippen LogP contribution in [0.2, 0.25) is 0 Å². The van der Waals surface area contributed by atoms with E-state index >= 15 is 0 Å². The van der Waals surface area contributed by atoms with E-state index in [-0.39, 0.29) is 29.6 Å². The van der Waals surface area contributed by atoms with Crippen LogP contribution in [-0.2, 0) is 4.79 Å². The van der Waals surface area contributed by atoms with Crippen LogP contribution in [-0.4, -0.2) is 32.5 Å². The predicted molar refractivity (Wildman–Crippen MR) is 94.9 cm³/mol. The maximum Gasteiger partial charge on any atom is 0.387 e. The number of ether oxygens (including phenoxy) is 1. The van der Waals surface area contributed by atoms with E-state index in [1.54, 1.807) is 19.1 Å². The van der Waals surface area contributed by atoms with Crippen LogP contribution in [0.1, 0.15) is 29.2 Å². The van der Waals surface area contributed by atoms with Gasteiger partial charge in [-0.1, -0.05) is 12.1 Å². The number of amides is 1. The van der Waals surface area contributed by atoms with Gasteiger partial charge in [-0.25, -0.2) is 5.10 Å². The van der Waals surface area contributed by atoms with E-state index in [1.165, 1.54) is 28.9 Å². The van der Waals surface area contributed by atoms with Gasteiger partial charge in [-0.15, -0.1) is 0 Å². The number of rotatable bonds is 4. The van der Waals surface area contributed by atoms with Gasteiger partial charge in [0.05, 0.1) is 5.69 Å². The van der Waals surface area contributed by atoms with Gasteiger partial charge < -0.3 is 10.1 Å². The van der Waals surface area contributed by atoms with Gasteiger partial charge >= 0.3 is 6.61 Å². The first-order valence-corrected chi connectivity index (χ1v) is 8.42. The zero-order valence-corrected chi connectivity index (χ0v) is 14.6. The molecule has 0 fully saturated rings. The normalized spacial score (nSPS) is 16.0. The maximum atomic E-state index is 12.5. The molecule has 0 unspecified atom stereocenters. The van der Waals surface area contributed by atoms with Crippen LogP contribution >= 0.6 is 0 Å². The summed E-state index contributed by atoms with van der Waals surface area (Å²) in [4.78, 5) is 23.6. The number of nitrogens with zero attached hydrogens (tertiary/aromatic N) is 3. The number of hydrogen-bond donors (Lipinski definition) is 2. The number of carbonyl (C=O) groups excluding carboxylic acids is 1. The highest BCUT2D eigenvalue weighted by molar-refractivity contribution is 5.95. The molecule has 0 saturated carbocycles. The van der Waals surface area contributed by atoms with E-state index in [2.05, 4.69) is 25.3 Å². The van der Waals surface area contributed by atoms with Crippen molar-refractivity contribution in [2.24, 2.45) is 0 Å². The van der Waals surface area contributed by atoms with Crippen LogP contribution < -0.4 is 15.6 Å². The Hall–Kier alpha value is -3.56. The molecule has 1 amide bonds. The van der Waals surface area contributed by atoms with Crippen LogP contribution in [0, 0.1) is 6.92 Å². The van der Waals surface area contributed by atoms with Gasteiger partial charge in [0.1, 0.15) is 11.6 Å². The molecule has 4 rings (SSSR count). The average Bonchev–Trinajstić information content (AvgIpc) is 2.98. The lowest BCUT2D eigenvalue weighted by Crippen LogP contribution is -2.25. The van der Waals surface area contributed by atoms with Crippen molar-refractivity contribution in [1.82, 2.24) is 20.0 Å². The summed E-state index contributed by atoms with van der Waals surface area (Å²) in [5.41, 5.74) is 1.69. The molecule has 144 valence electrons. The summed E-state index contributed by atoms with van der Waals surface area (Å²) in [5.74, 6) is 0.148. The minimum Gasteiger partial charge on any atom is -0.435 e. The van der Waals surface area contributed by atoms with E-state index in [1.807, 2.05) is 0 Å². The van der Waals surface area contributed by atoms with Gasteiger partial charge in [0.25, 0.3) is 5.56 Å². The maximum absolute atomic E-state index is 12.5. The van der Waals surface area contributed by atoms with Gasteiger partial charge in [-0.2, -0.15) is 23.7 Å². The molecule has 10 heteroatoms. The molecule has 1 aliphatic heterocycles. The number of nitrogens with one attached hydrogen (secondary N) is 2. The van der Waals surface area contributed by atoms with Gasteiger partial charge in [0.15, 0.2) is 5.82 Å². The molecule has 0 aliphatic carbocycles. The Morgan fingerprint density at radius 1 is 1.25 bits per heavy atom. The summed E-state index contributed by atoms with van der Waals surface area (Å²) in [5, 5.41) is 13.5. The molecule has 1 atom stereocenters. The minimum absolute atomic E-state index is 0.0207. The van der Waals surface area contributed by atoms with E-state index in [9.17, 15) is 18.4 Å². The topological polar surface area (TPSA) is 102 Å². The predicted octanol–water partition coefficient (Wildman–Crippen LogP) is 2.34. The fraction of sp³-hybridized carbons (Fsp3) is 0.222. The number of anilines is 1. The zero-order valence-electron chi connectivity index (χ0n) is 14.6. The van der Waals surface area contributed by atoms with Crippen molar-refractivity contribution >= 4 is 11.7 Å². The Kier molecular flexibility index (Phi) is 4.38. The van der Waals surface area contributed by atoms with Crippen LogP contribution in [0.15, 0.2) is 41.2 Å². The first-order valence-electron chi connectivity index (χ1n) is 8.42. The standard InChI is InChI=1S/C18H15F2N5O3/c1-9-16-12(10-3-2-4-11(7-10)28-18(19)20)8-15(27)21-17(16)25(24-9)13-5-6-14(26)23-22-13/h2-7,12,18H,8H2,1H3,(H,21,27)(H,23,26)/t12-/m1/s1. The van der Waals surface area contributed by atoms with E-state index in [0.717, 1.165) is 5.56 Å².